The van der Waals surface area contributed by atoms with Crippen LogP contribution in [0.3, 0.4) is 0 Å². The highest BCUT2D eigenvalue weighted by Gasteiger charge is 2.07. The highest BCUT2D eigenvalue weighted by molar-refractivity contribution is 7.20. The number of halogens is 2. The fourth-order valence-electron chi connectivity index (χ4n) is 2.92. The lowest BCUT2D eigenvalue weighted by atomic mass is 10.0. The molecule has 1 aromatic heterocycles. The maximum atomic E-state index is 13.3. The van der Waals surface area contributed by atoms with Gasteiger partial charge in [-0.25, -0.2) is 4.39 Å². The maximum absolute atomic E-state index is 13.3. The zero-order valence-corrected chi connectivity index (χ0v) is 16.3. The first-order chi connectivity index (χ1) is 13.5. The number of hydrogen-bond acceptors (Lipinski definition) is 3. The standard InChI is InChI=1S/C22H16ClFN2OS/c23-18-8-13(4-6-19(18)24)12-27-17-3-1-2-14(10-17)15-5-7-20-16(9-15)11-21(28-20)22(25)26/h1-11H,12H2,(H3,25,26). The molecule has 0 atom stereocenters. The zero-order valence-electron chi connectivity index (χ0n) is 14.7. The summed E-state index contributed by atoms with van der Waals surface area (Å²) >= 11 is 7.33. The fraction of sp³-hybridized carbons (Fsp3) is 0.0455. The highest BCUT2D eigenvalue weighted by atomic mass is 35.5. The van der Waals surface area contributed by atoms with Gasteiger partial charge in [-0.1, -0.05) is 35.9 Å². The van der Waals surface area contributed by atoms with Crippen molar-refractivity contribution in [2.45, 2.75) is 6.61 Å². The van der Waals surface area contributed by atoms with Crippen LogP contribution in [0.25, 0.3) is 21.2 Å². The van der Waals surface area contributed by atoms with Crippen LogP contribution >= 0.6 is 22.9 Å². The SMILES string of the molecule is N=C(N)c1cc2cc(-c3cccc(OCc4ccc(F)c(Cl)c4)c3)ccc2s1. The summed E-state index contributed by atoms with van der Waals surface area (Å²) in [7, 11) is 0. The molecule has 0 amide bonds. The van der Waals surface area contributed by atoms with Crippen LogP contribution in [0.4, 0.5) is 4.39 Å². The van der Waals surface area contributed by atoms with E-state index in [1.807, 2.05) is 42.5 Å². The summed E-state index contributed by atoms with van der Waals surface area (Å²) in [5.41, 5.74) is 8.46. The largest absolute Gasteiger partial charge is 0.489 e. The highest BCUT2D eigenvalue weighted by Crippen LogP contribution is 2.31. The number of nitrogens with two attached hydrogens (primary N) is 1. The molecular formula is C22H16ClFN2OS. The smallest absolute Gasteiger partial charge is 0.141 e. The van der Waals surface area contributed by atoms with Gasteiger partial charge in [0.2, 0.25) is 0 Å². The van der Waals surface area contributed by atoms with Crippen LogP contribution in [0, 0.1) is 11.2 Å². The molecule has 0 fully saturated rings. The molecule has 1 heterocycles. The first kappa shape index (κ1) is 18.5. The van der Waals surface area contributed by atoms with Crippen molar-refractivity contribution in [3.63, 3.8) is 0 Å². The van der Waals surface area contributed by atoms with E-state index in [1.165, 1.54) is 17.4 Å². The van der Waals surface area contributed by atoms with E-state index in [0.717, 1.165) is 31.7 Å². The zero-order chi connectivity index (χ0) is 19.7. The van der Waals surface area contributed by atoms with Crippen LogP contribution in [0.2, 0.25) is 5.02 Å². The molecule has 3 aromatic carbocycles. The van der Waals surface area contributed by atoms with Gasteiger partial charge in [0.25, 0.3) is 0 Å². The van der Waals surface area contributed by atoms with Crippen molar-refractivity contribution >= 4 is 38.9 Å². The summed E-state index contributed by atoms with van der Waals surface area (Å²) in [5.74, 6) is 0.357. The molecule has 3 N–H and O–H groups in total. The van der Waals surface area contributed by atoms with Gasteiger partial charge in [-0.3, -0.25) is 5.41 Å². The van der Waals surface area contributed by atoms with Crippen molar-refractivity contribution in [2.75, 3.05) is 0 Å². The molecule has 0 unspecified atom stereocenters. The predicted octanol–water partition coefficient (Wildman–Crippen LogP) is 6.22. The van der Waals surface area contributed by atoms with Gasteiger partial charge >= 0.3 is 0 Å². The molecule has 0 saturated heterocycles. The first-order valence-corrected chi connectivity index (χ1v) is 9.74. The lowest BCUT2D eigenvalue weighted by molar-refractivity contribution is 0.306. The predicted molar refractivity (Wildman–Crippen MR) is 114 cm³/mol. The summed E-state index contributed by atoms with van der Waals surface area (Å²) < 4.78 is 20.2. The van der Waals surface area contributed by atoms with Crippen molar-refractivity contribution in [3.8, 4) is 16.9 Å². The van der Waals surface area contributed by atoms with Crippen molar-refractivity contribution in [2.24, 2.45) is 5.73 Å². The molecule has 6 heteroatoms. The molecule has 0 spiro atoms. The molecule has 3 nitrogen and oxygen atoms in total. The van der Waals surface area contributed by atoms with E-state index < -0.39 is 5.82 Å². The molecule has 0 aliphatic rings. The van der Waals surface area contributed by atoms with Gasteiger partial charge in [0, 0.05) is 4.70 Å². The Morgan fingerprint density at radius 3 is 2.64 bits per heavy atom. The van der Waals surface area contributed by atoms with Gasteiger partial charge < -0.3 is 10.5 Å². The number of ether oxygens (including phenoxy) is 1. The maximum Gasteiger partial charge on any atom is 0.141 e. The third-order valence-electron chi connectivity index (χ3n) is 4.34. The normalized spacial score (nSPS) is 10.9. The third kappa shape index (κ3) is 3.86. The number of nitrogen functional groups attached to an aromatic ring is 1. The molecular weight excluding hydrogens is 395 g/mol. The summed E-state index contributed by atoms with van der Waals surface area (Å²) in [4.78, 5) is 0.766. The second-order valence-electron chi connectivity index (χ2n) is 6.34. The second kappa shape index (κ2) is 7.62. The van der Waals surface area contributed by atoms with Gasteiger partial charge in [-0.2, -0.15) is 0 Å². The molecule has 0 saturated carbocycles. The van der Waals surface area contributed by atoms with Gasteiger partial charge in [-0.05, 0) is 64.5 Å². The number of thiophene rings is 1. The van der Waals surface area contributed by atoms with Crippen LogP contribution in [0.1, 0.15) is 10.4 Å². The Morgan fingerprint density at radius 2 is 1.86 bits per heavy atom. The van der Waals surface area contributed by atoms with Gasteiger partial charge in [0.15, 0.2) is 0 Å². The Morgan fingerprint density at radius 1 is 1.04 bits per heavy atom. The molecule has 0 bridgehead atoms. The molecule has 28 heavy (non-hydrogen) atoms. The van der Waals surface area contributed by atoms with Crippen LogP contribution < -0.4 is 10.5 Å². The Labute approximate surface area is 170 Å². The minimum absolute atomic E-state index is 0.0824. The number of fused-ring (bicyclic) bond motifs is 1. The molecule has 4 aromatic rings. The number of nitrogens with one attached hydrogen (secondary N) is 1. The lowest BCUT2D eigenvalue weighted by Crippen LogP contribution is -2.08. The molecule has 0 radical (unpaired) electrons. The average Bonchev–Trinajstić information content (AvgIpc) is 3.13. The van der Waals surface area contributed by atoms with E-state index >= 15 is 0 Å². The Balaban J connectivity index is 1.56. The van der Waals surface area contributed by atoms with Crippen LogP contribution in [-0.2, 0) is 6.61 Å². The van der Waals surface area contributed by atoms with Crippen molar-refractivity contribution in [3.05, 3.63) is 88.0 Å². The summed E-state index contributed by atoms with van der Waals surface area (Å²) in [6.07, 6.45) is 0. The van der Waals surface area contributed by atoms with Crippen LogP contribution in [-0.4, -0.2) is 5.84 Å². The van der Waals surface area contributed by atoms with E-state index in [9.17, 15) is 4.39 Å². The van der Waals surface area contributed by atoms with Crippen LogP contribution in [0.5, 0.6) is 5.75 Å². The Bertz CT molecular complexity index is 1190. The minimum Gasteiger partial charge on any atom is -0.489 e. The fourth-order valence-corrected chi connectivity index (χ4v) is 4.02. The van der Waals surface area contributed by atoms with E-state index in [-0.39, 0.29) is 10.9 Å². The summed E-state index contributed by atoms with van der Waals surface area (Å²) in [6.45, 7) is 0.301. The van der Waals surface area contributed by atoms with Gasteiger partial charge in [0.05, 0.1) is 9.90 Å². The second-order valence-corrected chi connectivity index (χ2v) is 7.83. The first-order valence-electron chi connectivity index (χ1n) is 8.55. The Hall–Kier alpha value is -2.89. The molecule has 4 rings (SSSR count). The van der Waals surface area contributed by atoms with E-state index in [0.29, 0.717) is 12.4 Å². The molecule has 0 aliphatic heterocycles. The quantitative estimate of drug-likeness (QED) is 0.303. The van der Waals surface area contributed by atoms with E-state index in [1.54, 1.807) is 12.1 Å². The topological polar surface area (TPSA) is 59.1 Å². The van der Waals surface area contributed by atoms with Crippen molar-refractivity contribution in [1.29, 1.82) is 5.41 Å². The monoisotopic (exact) mass is 410 g/mol. The number of amidine groups is 1. The number of hydrogen-bond donors (Lipinski definition) is 2. The summed E-state index contributed by atoms with van der Waals surface area (Å²) in [5, 5.41) is 8.74. The number of benzene rings is 3. The summed E-state index contributed by atoms with van der Waals surface area (Å²) in [6, 6.07) is 20.4. The van der Waals surface area contributed by atoms with Gasteiger partial charge in [0.1, 0.15) is 24.0 Å². The Kier molecular flexibility index (Phi) is 5.03. The van der Waals surface area contributed by atoms with Crippen molar-refractivity contribution < 1.29 is 9.13 Å². The molecule has 0 aliphatic carbocycles. The van der Waals surface area contributed by atoms with Crippen LogP contribution in [0.15, 0.2) is 66.7 Å². The third-order valence-corrected chi connectivity index (χ3v) is 5.78. The van der Waals surface area contributed by atoms with Gasteiger partial charge in [-0.15, -0.1) is 11.3 Å². The minimum atomic E-state index is -0.441. The number of rotatable bonds is 5. The van der Waals surface area contributed by atoms with E-state index in [4.69, 9.17) is 27.5 Å². The van der Waals surface area contributed by atoms with E-state index in [2.05, 4.69) is 6.07 Å². The lowest BCUT2D eigenvalue weighted by Gasteiger charge is -2.09. The average molecular weight is 411 g/mol. The molecule has 140 valence electrons. The van der Waals surface area contributed by atoms with Crippen molar-refractivity contribution in [1.82, 2.24) is 0 Å².